The summed E-state index contributed by atoms with van der Waals surface area (Å²) in [6.45, 7) is 3.73. The second kappa shape index (κ2) is 9.16. The number of carbonyl (C=O) groups excluding carboxylic acids is 1. The van der Waals surface area contributed by atoms with Gasteiger partial charge < -0.3 is 14.8 Å². The SMILES string of the molecule is COC(C)c1ccc(C(=O)Nc2cccc(Oc3ccc(I)cc3)c2)c(C)n1. The smallest absolute Gasteiger partial charge is 0.257 e. The molecule has 3 aromatic rings. The summed E-state index contributed by atoms with van der Waals surface area (Å²) in [5.74, 6) is 1.18. The van der Waals surface area contributed by atoms with Crippen molar-refractivity contribution in [2.45, 2.75) is 20.0 Å². The van der Waals surface area contributed by atoms with Crippen LogP contribution in [0.4, 0.5) is 5.69 Å². The Morgan fingerprint density at radius 2 is 1.82 bits per heavy atom. The number of halogens is 1. The van der Waals surface area contributed by atoms with Gasteiger partial charge in [0.1, 0.15) is 11.5 Å². The molecule has 5 nitrogen and oxygen atoms in total. The molecule has 0 saturated heterocycles. The zero-order valence-electron chi connectivity index (χ0n) is 15.9. The Hall–Kier alpha value is -2.45. The van der Waals surface area contributed by atoms with Crippen LogP contribution in [0.5, 0.6) is 11.5 Å². The lowest BCUT2D eigenvalue weighted by molar-refractivity contribution is 0.102. The van der Waals surface area contributed by atoms with Crippen LogP contribution in [0, 0.1) is 10.5 Å². The quantitative estimate of drug-likeness (QED) is 0.450. The lowest BCUT2D eigenvalue weighted by Gasteiger charge is -2.13. The summed E-state index contributed by atoms with van der Waals surface area (Å²) in [4.78, 5) is 17.1. The normalized spacial score (nSPS) is 11.7. The van der Waals surface area contributed by atoms with E-state index in [2.05, 4.69) is 32.9 Å². The Labute approximate surface area is 178 Å². The minimum Gasteiger partial charge on any atom is -0.457 e. The van der Waals surface area contributed by atoms with Crippen LogP contribution in [0.15, 0.2) is 60.7 Å². The van der Waals surface area contributed by atoms with Gasteiger partial charge in [0, 0.05) is 22.4 Å². The molecule has 0 spiro atoms. The van der Waals surface area contributed by atoms with Crippen LogP contribution >= 0.6 is 22.6 Å². The maximum Gasteiger partial charge on any atom is 0.257 e. The first-order valence-electron chi connectivity index (χ1n) is 8.81. The highest BCUT2D eigenvalue weighted by atomic mass is 127. The Bertz CT molecular complexity index is 974. The number of anilines is 1. The van der Waals surface area contributed by atoms with Crippen molar-refractivity contribution in [3.8, 4) is 11.5 Å². The summed E-state index contributed by atoms with van der Waals surface area (Å²) >= 11 is 2.25. The van der Waals surface area contributed by atoms with Crippen LogP contribution in [-0.2, 0) is 4.74 Å². The van der Waals surface area contributed by atoms with E-state index >= 15 is 0 Å². The van der Waals surface area contributed by atoms with Crippen molar-refractivity contribution in [1.29, 1.82) is 0 Å². The summed E-state index contributed by atoms with van der Waals surface area (Å²) in [6, 6.07) is 18.7. The predicted molar refractivity (Wildman–Crippen MR) is 118 cm³/mol. The summed E-state index contributed by atoms with van der Waals surface area (Å²) in [5.41, 5.74) is 2.63. The standard InChI is InChI=1S/C22H21IN2O3/c1-14-20(11-12-21(24-14)15(2)27-3)22(26)25-17-5-4-6-19(13-17)28-18-9-7-16(23)8-10-18/h4-13,15H,1-3H3,(H,25,26). The number of amides is 1. The average Bonchev–Trinajstić information content (AvgIpc) is 2.69. The van der Waals surface area contributed by atoms with E-state index in [1.165, 1.54) is 0 Å². The third-order valence-electron chi connectivity index (χ3n) is 4.26. The van der Waals surface area contributed by atoms with Crippen molar-refractivity contribution in [3.05, 3.63) is 81.2 Å². The van der Waals surface area contributed by atoms with Gasteiger partial charge in [-0.2, -0.15) is 0 Å². The fourth-order valence-electron chi connectivity index (χ4n) is 2.64. The van der Waals surface area contributed by atoms with Crippen LogP contribution in [-0.4, -0.2) is 18.0 Å². The molecule has 0 fully saturated rings. The second-order valence-electron chi connectivity index (χ2n) is 6.28. The average molecular weight is 488 g/mol. The van der Waals surface area contributed by atoms with E-state index in [4.69, 9.17) is 9.47 Å². The van der Waals surface area contributed by atoms with Crippen molar-refractivity contribution in [2.75, 3.05) is 12.4 Å². The van der Waals surface area contributed by atoms with E-state index in [0.29, 0.717) is 22.7 Å². The molecule has 1 N–H and O–H groups in total. The molecule has 0 saturated carbocycles. The number of aromatic nitrogens is 1. The third kappa shape index (κ3) is 5.08. The number of hydrogen-bond donors (Lipinski definition) is 1. The lowest BCUT2D eigenvalue weighted by atomic mass is 10.1. The summed E-state index contributed by atoms with van der Waals surface area (Å²) in [7, 11) is 1.63. The van der Waals surface area contributed by atoms with E-state index in [1.54, 1.807) is 19.2 Å². The van der Waals surface area contributed by atoms with Crippen molar-refractivity contribution in [3.63, 3.8) is 0 Å². The lowest BCUT2D eigenvalue weighted by Crippen LogP contribution is -2.15. The Morgan fingerprint density at radius 3 is 2.50 bits per heavy atom. The number of nitrogens with one attached hydrogen (secondary N) is 1. The molecule has 6 heteroatoms. The number of ether oxygens (including phenoxy) is 2. The van der Waals surface area contributed by atoms with Gasteiger partial charge in [-0.15, -0.1) is 0 Å². The molecule has 28 heavy (non-hydrogen) atoms. The minimum atomic E-state index is -0.215. The molecule has 0 radical (unpaired) electrons. The van der Waals surface area contributed by atoms with Crippen molar-refractivity contribution in [1.82, 2.24) is 4.98 Å². The van der Waals surface area contributed by atoms with Gasteiger partial charge in [0.15, 0.2) is 0 Å². The van der Waals surface area contributed by atoms with E-state index in [9.17, 15) is 4.79 Å². The fraction of sp³-hybridized carbons (Fsp3) is 0.182. The van der Waals surface area contributed by atoms with Gasteiger partial charge in [0.25, 0.3) is 5.91 Å². The molecule has 3 rings (SSSR count). The highest BCUT2D eigenvalue weighted by molar-refractivity contribution is 14.1. The highest BCUT2D eigenvalue weighted by Crippen LogP contribution is 2.25. The van der Waals surface area contributed by atoms with Gasteiger partial charge in [-0.1, -0.05) is 6.07 Å². The van der Waals surface area contributed by atoms with Gasteiger partial charge in [0.05, 0.1) is 23.1 Å². The highest BCUT2D eigenvalue weighted by Gasteiger charge is 2.14. The maximum absolute atomic E-state index is 12.7. The fourth-order valence-corrected chi connectivity index (χ4v) is 3.00. The van der Waals surface area contributed by atoms with Gasteiger partial charge in [-0.25, -0.2) is 0 Å². The number of methoxy groups -OCH3 is 1. The number of nitrogens with zero attached hydrogens (tertiary/aromatic N) is 1. The summed E-state index contributed by atoms with van der Waals surface area (Å²) in [6.07, 6.45) is -0.120. The first-order chi connectivity index (χ1) is 13.5. The van der Waals surface area contributed by atoms with Gasteiger partial charge in [-0.05, 0) is 85.0 Å². The molecule has 0 aliphatic heterocycles. The number of pyridine rings is 1. The first-order valence-corrected chi connectivity index (χ1v) is 9.89. The number of carbonyl (C=O) groups is 1. The molecule has 0 bridgehead atoms. The Balaban J connectivity index is 1.73. The minimum absolute atomic E-state index is 0.120. The molecule has 1 aromatic heterocycles. The molecule has 1 heterocycles. The molecule has 0 aliphatic carbocycles. The third-order valence-corrected chi connectivity index (χ3v) is 4.98. The molecular formula is C22H21IN2O3. The van der Waals surface area contributed by atoms with E-state index in [1.807, 2.05) is 62.4 Å². The summed E-state index contributed by atoms with van der Waals surface area (Å²) < 4.78 is 12.3. The zero-order valence-corrected chi connectivity index (χ0v) is 18.1. The number of benzene rings is 2. The monoisotopic (exact) mass is 488 g/mol. The van der Waals surface area contributed by atoms with E-state index in [-0.39, 0.29) is 12.0 Å². The van der Waals surface area contributed by atoms with Crippen molar-refractivity contribution in [2.24, 2.45) is 0 Å². The molecule has 1 amide bonds. The molecular weight excluding hydrogens is 467 g/mol. The number of rotatable bonds is 6. The van der Waals surface area contributed by atoms with Crippen LogP contribution in [0.3, 0.4) is 0 Å². The van der Waals surface area contributed by atoms with Crippen molar-refractivity contribution >= 4 is 34.2 Å². The Morgan fingerprint density at radius 1 is 1.07 bits per heavy atom. The van der Waals surface area contributed by atoms with Crippen molar-refractivity contribution < 1.29 is 14.3 Å². The largest absolute Gasteiger partial charge is 0.457 e. The van der Waals surface area contributed by atoms with Crippen LogP contribution < -0.4 is 10.1 Å². The molecule has 1 unspecified atom stereocenters. The molecule has 144 valence electrons. The summed E-state index contributed by atoms with van der Waals surface area (Å²) in [5, 5.41) is 2.91. The zero-order chi connectivity index (χ0) is 20.1. The van der Waals surface area contributed by atoms with Crippen LogP contribution in [0.1, 0.15) is 34.8 Å². The van der Waals surface area contributed by atoms with Gasteiger partial charge in [0.2, 0.25) is 0 Å². The van der Waals surface area contributed by atoms with Crippen LogP contribution in [0.25, 0.3) is 0 Å². The van der Waals surface area contributed by atoms with Crippen LogP contribution in [0.2, 0.25) is 0 Å². The molecule has 0 aliphatic rings. The van der Waals surface area contributed by atoms with E-state index in [0.717, 1.165) is 15.0 Å². The van der Waals surface area contributed by atoms with E-state index < -0.39 is 0 Å². The number of hydrogen-bond acceptors (Lipinski definition) is 4. The Kier molecular flexibility index (Phi) is 6.64. The molecule has 2 aromatic carbocycles. The van der Waals surface area contributed by atoms with Gasteiger partial charge in [-0.3, -0.25) is 9.78 Å². The maximum atomic E-state index is 12.7. The second-order valence-corrected chi connectivity index (χ2v) is 7.53. The predicted octanol–water partition coefficient (Wildman–Crippen LogP) is 5.75. The number of aryl methyl sites for hydroxylation is 1. The van der Waals surface area contributed by atoms with Gasteiger partial charge >= 0.3 is 0 Å². The first kappa shape index (κ1) is 20.3. The molecule has 1 atom stereocenters. The topological polar surface area (TPSA) is 60.5 Å².